The molecule has 3 aromatic rings. The number of nitrogens with zero attached hydrogens (tertiary/aromatic N) is 5. The summed E-state index contributed by atoms with van der Waals surface area (Å²) in [7, 11) is 5.62. The van der Waals surface area contributed by atoms with Gasteiger partial charge in [0.25, 0.3) is 0 Å². The maximum Gasteiger partial charge on any atom is 0.236 e. The quantitative estimate of drug-likeness (QED) is 0.264. The van der Waals surface area contributed by atoms with Crippen molar-refractivity contribution in [2.24, 2.45) is 5.92 Å². The summed E-state index contributed by atoms with van der Waals surface area (Å²) in [5, 5.41) is 0.634. The third-order valence-corrected chi connectivity index (χ3v) is 11.2. The molecular formula is C39H48ClN5O5. The van der Waals surface area contributed by atoms with Crippen molar-refractivity contribution in [2.45, 2.75) is 63.1 Å². The van der Waals surface area contributed by atoms with E-state index in [2.05, 4.69) is 16.8 Å². The van der Waals surface area contributed by atoms with Crippen LogP contribution in [0.25, 0.3) is 0 Å². The zero-order valence-electron chi connectivity index (χ0n) is 29.4. The summed E-state index contributed by atoms with van der Waals surface area (Å²) < 4.78 is 17.8. The highest BCUT2D eigenvalue weighted by molar-refractivity contribution is 6.30. The van der Waals surface area contributed by atoms with Crippen LogP contribution in [0.1, 0.15) is 61.3 Å². The van der Waals surface area contributed by atoms with Gasteiger partial charge in [0.2, 0.25) is 11.8 Å². The van der Waals surface area contributed by atoms with E-state index in [-0.39, 0.29) is 24.3 Å². The van der Waals surface area contributed by atoms with E-state index < -0.39 is 6.04 Å². The molecule has 2 atom stereocenters. The minimum absolute atomic E-state index is 0.0192. The number of ether oxygens (including phenoxy) is 3. The molecule has 50 heavy (non-hydrogen) atoms. The van der Waals surface area contributed by atoms with Gasteiger partial charge >= 0.3 is 0 Å². The zero-order chi connectivity index (χ0) is 34.8. The number of hydrogen-bond acceptors (Lipinski definition) is 8. The Kier molecular flexibility index (Phi) is 10.5. The smallest absolute Gasteiger partial charge is 0.236 e. The molecule has 1 aromatic heterocycles. The van der Waals surface area contributed by atoms with Crippen LogP contribution in [0.3, 0.4) is 0 Å². The number of anilines is 2. The summed E-state index contributed by atoms with van der Waals surface area (Å²) >= 11 is 6.31. The van der Waals surface area contributed by atoms with Crippen LogP contribution in [0, 0.1) is 5.92 Å². The second-order valence-corrected chi connectivity index (χ2v) is 14.7. The van der Waals surface area contributed by atoms with Crippen LogP contribution >= 0.6 is 11.6 Å². The van der Waals surface area contributed by atoms with E-state index >= 15 is 0 Å². The molecule has 2 aromatic carbocycles. The minimum atomic E-state index is -0.407. The van der Waals surface area contributed by atoms with Crippen molar-refractivity contribution in [1.29, 1.82) is 0 Å². The number of methoxy groups -OCH3 is 1. The van der Waals surface area contributed by atoms with Gasteiger partial charge in [0.05, 0.1) is 44.1 Å². The predicted octanol–water partition coefficient (Wildman–Crippen LogP) is 5.75. The summed E-state index contributed by atoms with van der Waals surface area (Å²) in [6, 6.07) is 15.7. The Bertz CT molecular complexity index is 1660. The molecule has 266 valence electrons. The molecule has 10 nitrogen and oxygen atoms in total. The third kappa shape index (κ3) is 7.43. The Labute approximate surface area is 300 Å². The van der Waals surface area contributed by atoms with Gasteiger partial charge in [-0.3, -0.25) is 19.4 Å². The SMILES string of the molecule is COc1cc2c(cc1OCC1CCCO1)[C@H](c1ccc(Cl)cc1)N(c1ccc(N(C)CC3CCC(N4CCN(C)C(=O)C4)CC3)nc1)C(=O)C2. The molecule has 0 spiro atoms. The number of amides is 2. The summed E-state index contributed by atoms with van der Waals surface area (Å²) in [6.45, 7) is 4.46. The Balaban J connectivity index is 1.08. The first-order valence-electron chi connectivity index (χ1n) is 17.9. The second-order valence-electron chi connectivity index (χ2n) is 14.3. The van der Waals surface area contributed by atoms with Crippen molar-refractivity contribution in [3.05, 3.63) is 76.4 Å². The van der Waals surface area contributed by atoms with E-state index in [1.54, 1.807) is 7.11 Å². The lowest BCUT2D eigenvalue weighted by Crippen LogP contribution is -2.53. The number of carbonyl (C=O) groups is 2. The highest BCUT2D eigenvalue weighted by Crippen LogP contribution is 2.44. The maximum atomic E-state index is 14.0. The highest BCUT2D eigenvalue weighted by atomic mass is 35.5. The van der Waals surface area contributed by atoms with E-state index in [1.807, 2.05) is 71.6 Å². The summed E-state index contributed by atoms with van der Waals surface area (Å²) in [4.78, 5) is 39.4. The van der Waals surface area contributed by atoms with Gasteiger partial charge in [0.15, 0.2) is 11.5 Å². The van der Waals surface area contributed by atoms with Crippen molar-refractivity contribution in [3.8, 4) is 11.5 Å². The van der Waals surface area contributed by atoms with Crippen molar-refractivity contribution < 1.29 is 23.8 Å². The molecule has 2 amide bonds. The van der Waals surface area contributed by atoms with E-state index in [0.717, 1.165) is 93.0 Å². The van der Waals surface area contributed by atoms with Gasteiger partial charge in [-0.2, -0.15) is 0 Å². The number of halogens is 1. The van der Waals surface area contributed by atoms with Crippen molar-refractivity contribution in [3.63, 3.8) is 0 Å². The van der Waals surface area contributed by atoms with Gasteiger partial charge in [-0.05, 0) is 97.5 Å². The number of aromatic nitrogens is 1. The number of fused-ring (bicyclic) bond motifs is 1. The standard InChI is InChI=1S/C39H48ClN5O5/c1-42-16-17-44(24-38(42)47)30-12-6-26(7-13-30)23-43(2)36-15-14-31(22-41-36)45-37(46)20-28-19-34(48-3)35(50-25-32-5-4-18-49-32)21-33(28)39(45)27-8-10-29(40)11-9-27/h8-11,14-15,19,21-22,26,30,32,39H,4-7,12-13,16-18,20,23-25H2,1-3H3/t26?,30?,32?,39-/m0/s1. The largest absolute Gasteiger partial charge is 0.493 e. The topological polar surface area (TPSA) is 87.7 Å². The van der Waals surface area contributed by atoms with Gasteiger partial charge in [0, 0.05) is 51.4 Å². The molecule has 7 rings (SSSR count). The number of piperazine rings is 1. The lowest BCUT2D eigenvalue weighted by molar-refractivity contribution is -0.135. The lowest BCUT2D eigenvalue weighted by atomic mass is 9.84. The van der Waals surface area contributed by atoms with Gasteiger partial charge in [-0.1, -0.05) is 23.7 Å². The summed E-state index contributed by atoms with van der Waals surface area (Å²) in [5.41, 5.74) is 3.56. The molecule has 3 aliphatic heterocycles. The zero-order valence-corrected chi connectivity index (χ0v) is 30.1. The van der Waals surface area contributed by atoms with Crippen LogP contribution in [0.4, 0.5) is 11.5 Å². The first-order chi connectivity index (χ1) is 24.3. The first-order valence-corrected chi connectivity index (χ1v) is 18.3. The van der Waals surface area contributed by atoms with Crippen LogP contribution in [-0.2, 0) is 20.7 Å². The van der Waals surface area contributed by atoms with E-state index in [9.17, 15) is 9.59 Å². The molecule has 1 aliphatic carbocycles. The number of benzene rings is 2. The predicted molar refractivity (Wildman–Crippen MR) is 194 cm³/mol. The maximum absolute atomic E-state index is 14.0. The van der Waals surface area contributed by atoms with Crippen LogP contribution in [-0.4, -0.2) is 99.3 Å². The fourth-order valence-electron chi connectivity index (χ4n) is 8.06. The fraction of sp³-hybridized carbons (Fsp3) is 0.513. The van der Waals surface area contributed by atoms with Gasteiger partial charge in [0.1, 0.15) is 12.4 Å². The third-order valence-electron chi connectivity index (χ3n) is 11.0. The van der Waals surface area contributed by atoms with Crippen LogP contribution in [0.15, 0.2) is 54.7 Å². The molecule has 0 bridgehead atoms. The summed E-state index contributed by atoms with van der Waals surface area (Å²) in [5.74, 6) is 2.90. The average Bonchev–Trinajstić information content (AvgIpc) is 3.66. The molecule has 0 N–H and O–H groups in total. The molecular weight excluding hydrogens is 654 g/mol. The number of likely N-dealkylation sites (N-methyl/N-ethyl adjacent to an activating group) is 1. The molecule has 2 saturated heterocycles. The molecule has 0 radical (unpaired) electrons. The van der Waals surface area contributed by atoms with Crippen molar-refractivity contribution >= 4 is 34.9 Å². The number of carbonyl (C=O) groups excluding carboxylic acids is 2. The highest BCUT2D eigenvalue weighted by Gasteiger charge is 2.37. The molecule has 1 saturated carbocycles. The van der Waals surface area contributed by atoms with Gasteiger partial charge < -0.3 is 24.0 Å². The average molecular weight is 702 g/mol. The lowest BCUT2D eigenvalue weighted by Gasteiger charge is -2.41. The van der Waals surface area contributed by atoms with Crippen LogP contribution < -0.4 is 19.3 Å². The van der Waals surface area contributed by atoms with Crippen molar-refractivity contribution in [1.82, 2.24) is 14.8 Å². The Morgan fingerprint density at radius 1 is 0.980 bits per heavy atom. The molecule has 4 heterocycles. The molecule has 3 fully saturated rings. The normalized spacial score (nSPS) is 24.3. The summed E-state index contributed by atoms with van der Waals surface area (Å²) in [6.07, 6.45) is 8.65. The monoisotopic (exact) mass is 701 g/mol. The van der Waals surface area contributed by atoms with E-state index in [0.29, 0.717) is 41.6 Å². The number of pyridine rings is 1. The van der Waals surface area contributed by atoms with E-state index in [1.165, 1.54) is 0 Å². The first kappa shape index (κ1) is 34.6. The van der Waals surface area contributed by atoms with E-state index in [4.69, 9.17) is 30.8 Å². The Morgan fingerprint density at radius 2 is 1.78 bits per heavy atom. The second kappa shape index (κ2) is 15.2. The Hall–Kier alpha value is -3.86. The fourth-order valence-corrected chi connectivity index (χ4v) is 8.19. The number of hydrogen-bond donors (Lipinski definition) is 0. The molecule has 4 aliphatic rings. The molecule has 1 unspecified atom stereocenters. The molecule has 11 heteroatoms. The van der Waals surface area contributed by atoms with Crippen LogP contribution in [0.2, 0.25) is 5.02 Å². The Morgan fingerprint density at radius 3 is 2.46 bits per heavy atom. The van der Waals surface area contributed by atoms with Crippen LogP contribution in [0.5, 0.6) is 11.5 Å². The van der Waals surface area contributed by atoms with Crippen molar-refractivity contribution in [2.75, 3.05) is 70.4 Å². The minimum Gasteiger partial charge on any atom is -0.493 e. The van der Waals surface area contributed by atoms with Gasteiger partial charge in [-0.25, -0.2) is 4.98 Å². The van der Waals surface area contributed by atoms with Gasteiger partial charge in [-0.15, -0.1) is 0 Å². The number of rotatable bonds is 10.